The van der Waals surface area contributed by atoms with Gasteiger partial charge in [0.15, 0.2) is 0 Å². The molecule has 2 rings (SSSR count). The van der Waals surface area contributed by atoms with Crippen molar-refractivity contribution < 1.29 is 4.74 Å². The van der Waals surface area contributed by atoms with Crippen molar-refractivity contribution in [2.24, 2.45) is 0 Å². The van der Waals surface area contributed by atoms with Gasteiger partial charge >= 0.3 is 0 Å². The lowest BCUT2D eigenvalue weighted by Crippen LogP contribution is -2.15. The third kappa shape index (κ3) is 2.59. The van der Waals surface area contributed by atoms with Crippen LogP contribution in [0.25, 0.3) is 0 Å². The summed E-state index contributed by atoms with van der Waals surface area (Å²) < 4.78 is 5.75. The molecule has 0 aromatic carbocycles. The topological polar surface area (TPSA) is 34.1 Å². The number of thioether (sulfide) groups is 1. The molecule has 1 aromatic rings. The molecule has 1 aliphatic rings. The molecule has 2 heterocycles. The van der Waals surface area contributed by atoms with Gasteiger partial charge < -0.3 is 10.1 Å². The second-order valence-corrected chi connectivity index (χ2v) is 6.16. The molecule has 2 unspecified atom stereocenters. The molecule has 16 heavy (non-hydrogen) atoms. The van der Waals surface area contributed by atoms with Crippen molar-refractivity contribution in [3.05, 3.63) is 15.6 Å². The maximum Gasteiger partial charge on any atom is 0.123 e. The Morgan fingerprint density at radius 2 is 2.38 bits per heavy atom. The third-order valence-electron chi connectivity index (χ3n) is 2.77. The van der Waals surface area contributed by atoms with Crippen LogP contribution in [0.3, 0.4) is 0 Å². The molecule has 0 aliphatic carbocycles. The highest BCUT2D eigenvalue weighted by Gasteiger charge is 2.22. The zero-order valence-electron chi connectivity index (χ0n) is 9.95. The Labute approximate surface area is 105 Å². The minimum absolute atomic E-state index is 0.209. The van der Waals surface area contributed by atoms with Gasteiger partial charge in [-0.2, -0.15) is 11.8 Å². The van der Waals surface area contributed by atoms with Gasteiger partial charge in [0.1, 0.15) is 11.1 Å². The summed E-state index contributed by atoms with van der Waals surface area (Å²) in [7, 11) is 1.98. The molecule has 5 heteroatoms. The van der Waals surface area contributed by atoms with Gasteiger partial charge in [0.25, 0.3) is 0 Å². The summed E-state index contributed by atoms with van der Waals surface area (Å²) in [5.74, 6) is 2.15. The van der Waals surface area contributed by atoms with Crippen molar-refractivity contribution >= 4 is 23.1 Å². The summed E-state index contributed by atoms with van der Waals surface area (Å²) >= 11 is 3.74. The fourth-order valence-corrected chi connectivity index (χ4v) is 3.86. The van der Waals surface area contributed by atoms with Gasteiger partial charge in [-0.15, -0.1) is 11.3 Å². The molecule has 3 nitrogen and oxygen atoms in total. The molecule has 1 fully saturated rings. The lowest BCUT2D eigenvalue weighted by molar-refractivity contribution is 0.0754. The van der Waals surface area contributed by atoms with E-state index >= 15 is 0 Å². The Balaban J connectivity index is 2.16. The summed E-state index contributed by atoms with van der Waals surface area (Å²) in [4.78, 5) is 5.97. The van der Waals surface area contributed by atoms with Crippen molar-refractivity contribution in [1.82, 2.24) is 10.3 Å². The van der Waals surface area contributed by atoms with Gasteiger partial charge in [-0.3, -0.25) is 0 Å². The minimum Gasteiger partial charge on any atom is -0.369 e. The van der Waals surface area contributed by atoms with E-state index in [2.05, 4.69) is 24.1 Å². The first kappa shape index (κ1) is 12.4. The Bertz CT molecular complexity index is 348. The number of aryl methyl sites for hydroxylation is 1. The summed E-state index contributed by atoms with van der Waals surface area (Å²) in [5, 5.41) is 4.40. The molecule has 0 spiro atoms. The van der Waals surface area contributed by atoms with Crippen LogP contribution in [-0.4, -0.2) is 30.1 Å². The van der Waals surface area contributed by atoms with Crippen LogP contribution in [0.2, 0.25) is 0 Å². The number of nitrogens with one attached hydrogen (secondary N) is 1. The largest absolute Gasteiger partial charge is 0.369 e. The van der Waals surface area contributed by atoms with Crippen molar-refractivity contribution in [2.45, 2.75) is 26.0 Å². The predicted molar refractivity (Wildman–Crippen MR) is 70.3 cm³/mol. The highest BCUT2D eigenvalue weighted by atomic mass is 32.2. The maximum absolute atomic E-state index is 5.75. The number of thiazole rings is 1. The van der Waals surface area contributed by atoms with Crippen LogP contribution in [0.4, 0.5) is 0 Å². The van der Waals surface area contributed by atoms with Gasteiger partial charge in [0, 0.05) is 22.4 Å². The second-order valence-electron chi connectivity index (χ2n) is 3.95. The lowest BCUT2D eigenvalue weighted by Gasteiger charge is -2.19. The average molecular weight is 258 g/mol. The fourth-order valence-electron chi connectivity index (χ4n) is 1.73. The summed E-state index contributed by atoms with van der Waals surface area (Å²) in [6, 6.07) is 0.377. The van der Waals surface area contributed by atoms with E-state index in [0.717, 1.165) is 28.8 Å². The number of nitrogens with zero attached hydrogens (tertiary/aromatic N) is 1. The Hall–Kier alpha value is -0.100. The van der Waals surface area contributed by atoms with Gasteiger partial charge in [-0.05, 0) is 20.9 Å². The molecular formula is C11H18N2OS2. The first-order valence-corrected chi connectivity index (χ1v) is 7.53. The van der Waals surface area contributed by atoms with Crippen LogP contribution in [0.15, 0.2) is 0 Å². The number of ether oxygens (including phenoxy) is 1. The molecule has 0 amide bonds. The van der Waals surface area contributed by atoms with Crippen LogP contribution in [0.1, 0.15) is 34.6 Å². The fraction of sp³-hybridized carbons (Fsp3) is 0.727. The number of hydrogen-bond acceptors (Lipinski definition) is 5. The summed E-state index contributed by atoms with van der Waals surface area (Å²) in [5.41, 5.74) is 1.14. The smallest absolute Gasteiger partial charge is 0.123 e. The second kappa shape index (κ2) is 5.49. The Kier molecular flexibility index (Phi) is 4.24. The van der Waals surface area contributed by atoms with E-state index in [-0.39, 0.29) is 6.10 Å². The van der Waals surface area contributed by atoms with Gasteiger partial charge in [-0.25, -0.2) is 4.98 Å². The Morgan fingerprint density at radius 3 is 3.00 bits per heavy atom. The standard InChI is InChI=1S/C11H18N2OS2/c1-7(12-3)10-8(2)13-11(16-10)9-6-15-5-4-14-9/h7,9,12H,4-6H2,1-3H3. The van der Waals surface area contributed by atoms with Gasteiger partial charge in [0.2, 0.25) is 0 Å². The maximum atomic E-state index is 5.75. The normalized spacial score (nSPS) is 23.3. The zero-order valence-corrected chi connectivity index (χ0v) is 11.6. The lowest BCUT2D eigenvalue weighted by atomic mass is 10.2. The monoisotopic (exact) mass is 258 g/mol. The van der Waals surface area contributed by atoms with Crippen molar-refractivity contribution in [2.75, 3.05) is 25.2 Å². The van der Waals surface area contributed by atoms with E-state index in [1.807, 2.05) is 18.8 Å². The van der Waals surface area contributed by atoms with Gasteiger partial charge in [-0.1, -0.05) is 0 Å². The molecule has 0 radical (unpaired) electrons. The highest BCUT2D eigenvalue weighted by molar-refractivity contribution is 7.99. The minimum atomic E-state index is 0.209. The van der Waals surface area contributed by atoms with Crippen molar-refractivity contribution in [3.8, 4) is 0 Å². The summed E-state index contributed by atoms with van der Waals surface area (Å²) in [6.45, 7) is 5.10. The molecule has 1 N–H and O–H groups in total. The van der Waals surface area contributed by atoms with E-state index in [1.165, 1.54) is 4.88 Å². The Morgan fingerprint density at radius 1 is 1.56 bits per heavy atom. The van der Waals surface area contributed by atoms with Crippen molar-refractivity contribution in [1.29, 1.82) is 0 Å². The molecule has 0 bridgehead atoms. The SMILES string of the molecule is CNC(C)c1sc(C2CSCCO2)nc1C. The van der Waals surface area contributed by atoms with Crippen LogP contribution >= 0.6 is 23.1 Å². The number of hydrogen-bond donors (Lipinski definition) is 1. The first-order chi connectivity index (χ1) is 7.72. The zero-order chi connectivity index (χ0) is 11.5. The third-order valence-corrected chi connectivity index (χ3v) is 5.19. The molecule has 1 saturated heterocycles. The summed E-state index contributed by atoms with van der Waals surface area (Å²) in [6.07, 6.45) is 0.209. The highest BCUT2D eigenvalue weighted by Crippen LogP contribution is 2.33. The number of aromatic nitrogens is 1. The quantitative estimate of drug-likeness (QED) is 0.903. The number of rotatable bonds is 3. The van der Waals surface area contributed by atoms with Crippen LogP contribution in [0, 0.1) is 6.92 Å². The van der Waals surface area contributed by atoms with Crippen LogP contribution in [0.5, 0.6) is 0 Å². The predicted octanol–water partition coefficient (Wildman–Crippen LogP) is 2.54. The first-order valence-electron chi connectivity index (χ1n) is 5.56. The van der Waals surface area contributed by atoms with Crippen molar-refractivity contribution in [3.63, 3.8) is 0 Å². The van der Waals surface area contributed by atoms with E-state index in [1.54, 1.807) is 11.3 Å². The molecule has 1 aromatic heterocycles. The molecule has 90 valence electrons. The molecule has 2 atom stereocenters. The molecular weight excluding hydrogens is 240 g/mol. The van der Waals surface area contributed by atoms with E-state index in [0.29, 0.717) is 6.04 Å². The van der Waals surface area contributed by atoms with Crippen LogP contribution in [-0.2, 0) is 4.74 Å². The van der Waals surface area contributed by atoms with Gasteiger partial charge in [0.05, 0.1) is 12.3 Å². The molecule has 0 saturated carbocycles. The van der Waals surface area contributed by atoms with Crippen LogP contribution < -0.4 is 5.32 Å². The van der Waals surface area contributed by atoms with E-state index < -0.39 is 0 Å². The average Bonchev–Trinajstić information content (AvgIpc) is 2.71. The molecule has 1 aliphatic heterocycles. The van der Waals surface area contributed by atoms with E-state index in [4.69, 9.17) is 4.74 Å². The van der Waals surface area contributed by atoms with E-state index in [9.17, 15) is 0 Å².